The van der Waals surface area contributed by atoms with Crippen molar-refractivity contribution in [1.82, 2.24) is 0 Å². The second-order valence-corrected chi connectivity index (χ2v) is 9.08. The molecule has 2 aliphatic rings. The average molecular weight is 445 g/mol. The van der Waals surface area contributed by atoms with E-state index < -0.39 is 30.5 Å². The van der Waals surface area contributed by atoms with E-state index in [0.29, 0.717) is 0 Å². The first kappa shape index (κ1) is 25.7. The largest absolute Gasteiger partial charge is 0.499 e. The van der Waals surface area contributed by atoms with Gasteiger partial charge in [0, 0.05) is 0 Å². The van der Waals surface area contributed by atoms with E-state index in [1.165, 1.54) is 30.4 Å². The Labute approximate surface area is 190 Å². The molecule has 176 valence electrons. The summed E-state index contributed by atoms with van der Waals surface area (Å²) in [6.07, 6.45) is 13.2. The minimum absolute atomic E-state index is 0.0754. The molecule has 3 N–H and O–H groups in total. The summed E-state index contributed by atoms with van der Waals surface area (Å²) >= 11 is 0. The van der Waals surface area contributed by atoms with Crippen LogP contribution in [-0.4, -0.2) is 46.7 Å². The second-order valence-electron chi connectivity index (χ2n) is 9.08. The van der Waals surface area contributed by atoms with Crippen LogP contribution in [-0.2, 0) is 14.3 Å². The van der Waals surface area contributed by atoms with Crippen LogP contribution in [0.4, 0.5) is 0 Å². The number of cyclic esters (lactones) is 1. The van der Waals surface area contributed by atoms with E-state index in [4.69, 9.17) is 14.6 Å². The molecule has 0 radical (unpaired) electrons. The van der Waals surface area contributed by atoms with Crippen molar-refractivity contribution < 1.29 is 29.6 Å². The highest BCUT2D eigenvalue weighted by atomic mass is 16.6. The number of allylic oxidation sites excluding steroid dienone is 9. The number of hydrogen-bond acceptors (Lipinski definition) is 6. The van der Waals surface area contributed by atoms with Crippen LogP contribution in [0.5, 0.6) is 0 Å². The van der Waals surface area contributed by atoms with Gasteiger partial charge in [-0.1, -0.05) is 60.9 Å². The van der Waals surface area contributed by atoms with Crippen molar-refractivity contribution in [2.24, 2.45) is 5.41 Å². The molecule has 0 amide bonds. The predicted octanol–water partition coefficient (Wildman–Crippen LogP) is 4.58. The van der Waals surface area contributed by atoms with Gasteiger partial charge in [-0.15, -0.1) is 0 Å². The highest BCUT2D eigenvalue weighted by Crippen LogP contribution is 2.40. The number of carbonyl (C=O) groups excluding carboxylic acids is 1. The van der Waals surface area contributed by atoms with E-state index in [1.807, 2.05) is 25.2 Å². The Kier molecular flexibility index (Phi) is 9.10. The molecule has 2 atom stereocenters. The molecule has 0 unspecified atom stereocenters. The summed E-state index contributed by atoms with van der Waals surface area (Å²) in [6.45, 7) is 10.3. The van der Waals surface area contributed by atoms with Gasteiger partial charge in [0.05, 0.1) is 6.61 Å². The lowest BCUT2D eigenvalue weighted by Crippen LogP contribution is -2.32. The van der Waals surface area contributed by atoms with Gasteiger partial charge in [0.25, 0.3) is 0 Å². The molecule has 0 saturated heterocycles. The summed E-state index contributed by atoms with van der Waals surface area (Å²) in [5, 5.41) is 28.5. The Morgan fingerprint density at radius 3 is 2.66 bits per heavy atom. The summed E-state index contributed by atoms with van der Waals surface area (Å²) in [5.41, 5.74) is 5.20. The van der Waals surface area contributed by atoms with Crippen molar-refractivity contribution in [3.05, 3.63) is 70.3 Å². The highest BCUT2D eigenvalue weighted by molar-refractivity contribution is 5.89. The van der Waals surface area contributed by atoms with E-state index in [1.54, 1.807) is 6.08 Å². The first-order chi connectivity index (χ1) is 15.1. The third-order valence-corrected chi connectivity index (χ3v) is 5.87. The summed E-state index contributed by atoms with van der Waals surface area (Å²) < 4.78 is 10.2. The first-order valence-corrected chi connectivity index (χ1v) is 11.0. The molecular formula is C26H36O6. The molecule has 2 rings (SSSR count). The van der Waals surface area contributed by atoms with Gasteiger partial charge in [-0.2, -0.15) is 0 Å². The summed E-state index contributed by atoms with van der Waals surface area (Å²) in [4.78, 5) is 11.5. The third-order valence-electron chi connectivity index (χ3n) is 5.87. The molecular weight excluding hydrogens is 408 g/mol. The Balaban J connectivity index is 1.94. The van der Waals surface area contributed by atoms with Crippen molar-refractivity contribution in [1.29, 1.82) is 0 Å². The number of rotatable bonds is 9. The van der Waals surface area contributed by atoms with E-state index >= 15 is 0 Å². The van der Waals surface area contributed by atoms with Crippen molar-refractivity contribution >= 4 is 5.97 Å². The van der Waals surface area contributed by atoms with Gasteiger partial charge in [0.2, 0.25) is 5.76 Å². The number of aliphatic hydroxyl groups is 3. The SMILES string of the molecule is CC(C=CC1=C(C)CCCC1(C)C)=CC=CC(C)=CCOC1=C(O)C(=O)O[C@@H]1[C@@H](O)CO. The fraction of sp³-hybridized carbons (Fsp3) is 0.500. The van der Waals surface area contributed by atoms with Crippen molar-refractivity contribution in [2.75, 3.05) is 13.2 Å². The fourth-order valence-electron chi connectivity index (χ4n) is 3.92. The molecule has 0 aromatic carbocycles. The van der Waals surface area contributed by atoms with Gasteiger partial charge in [-0.05, 0) is 57.1 Å². The van der Waals surface area contributed by atoms with Gasteiger partial charge < -0.3 is 24.8 Å². The zero-order chi connectivity index (χ0) is 23.9. The Bertz CT molecular complexity index is 882. The van der Waals surface area contributed by atoms with Crippen LogP contribution in [0, 0.1) is 5.41 Å². The molecule has 6 nitrogen and oxygen atoms in total. The molecule has 0 fully saturated rings. The predicted molar refractivity (Wildman–Crippen MR) is 125 cm³/mol. The minimum atomic E-state index is -1.36. The molecule has 0 bridgehead atoms. The first-order valence-electron chi connectivity index (χ1n) is 11.0. The molecule has 0 spiro atoms. The molecule has 6 heteroatoms. The molecule has 1 heterocycles. The molecule has 0 saturated carbocycles. The Morgan fingerprint density at radius 1 is 1.28 bits per heavy atom. The van der Waals surface area contributed by atoms with E-state index in [-0.39, 0.29) is 17.8 Å². The fourth-order valence-corrected chi connectivity index (χ4v) is 3.92. The topological polar surface area (TPSA) is 96.2 Å². The number of carbonyl (C=O) groups is 1. The maximum Gasteiger partial charge on any atom is 0.378 e. The Morgan fingerprint density at radius 2 is 2.00 bits per heavy atom. The van der Waals surface area contributed by atoms with Crippen LogP contribution in [0.3, 0.4) is 0 Å². The van der Waals surface area contributed by atoms with Crippen LogP contribution in [0.25, 0.3) is 0 Å². The molecule has 0 aromatic heterocycles. The van der Waals surface area contributed by atoms with Gasteiger partial charge in [-0.3, -0.25) is 0 Å². The van der Waals surface area contributed by atoms with Crippen LogP contribution >= 0.6 is 0 Å². The quantitative estimate of drug-likeness (QED) is 0.356. The monoisotopic (exact) mass is 444 g/mol. The Hall–Kier alpha value is -2.57. The van der Waals surface area contributed by atoms with Crippen molar-refractivity contribution in [2.45, 2.75) is 66.1 Å². The smallest absolute Gasteiger partial charge is 0.378 e. The number of esters is 1. The number of ether oxygens (including phenoxy) is 2. The van der Waals surface area contributed by atoms with Crippen molar-refractivity contribution in [3.63, 3.8) is 0 Å². The molecule has 0 aromatic rings. The summed E-state index contributed by atoms with van der Waals surface area (Å²) in [7, 11) is 0. The van der Waals surface area contributed by atoms with Crippen LogP contribution < -0.4 is 0 Å². The maximum absolute atomic E-state index is 11.5. The minimum Gasteiger partial charge on any atom is -0.499 e. The van der Waals surface area contributed by atoms with Gasteiger partial charge in [0.1, 0.15) is 12.7 Å². The highest BCUT2D eigenvalue weighted by Gasteiger charge is 2.40. The van der Waals surface area contributed by atoms with Gasteiger partial charge in [-0.25, -0.2) is 4.79 Å². The van der Waals surface area contributed by atoms with Crippen LogP contribution in [0.1, 0.15) is 53.9 Å². The lowest BCUT2D eigenvalue weighted by atomic mass is 9.72. The average Bonchev–Trinajstić information content (AvgIpc) is 3.01. The van der Waals surface area contributed by atoms with Gasteiger partial charge >= 0.3 is 5.97 Å². The maximum atomic E-state index is 11.5. The van der Waals surface area contributed by atoms with E-state index in [0.717, 1.165) is 11.1 Å². The third kappa shape index (κ3) is 6.71. The number of aliphatic hydroxyl groups excluding tert-OH is 3. The van der Waals surface area contributed by atoms with Gasteiger partial charge in [0.15, 0.2) is 11.9 Å². The zero-order valence-electron chi connectivity index (χ0n) is 19.7. The lowest BCUT2D eigenvalue weighted by molar-refractivity contribution is -0.148. The zero-order valence-corrected chi connectivity index (χ0v) is 19.7. The molecule has 1 aliphatic carbocycles. The standard InChI is InChI=1S/C26H36O6/c1-17(11-12-20-19(3)10-7-14-26(20,4)5)8-6-9-18(2)13-15-31-24-22(29)25(30)32-23(24)21(28)16-27/h6,8-9,11-13,21,23,27-29H,7,10,14-16H2,1-5H3/t21-,23+/m0/s1. The lowest BCUT2D eigenvalue weighted by Gasteiger charge is -2.32. The summed E-state index contributed by atoms with van der Waals surface area (Å²) in [5.74, 6) is -1.82. The number of hydrogen-bond donors (Lipinski definition) is 3. The normalized spacial score (nSPS) is 23.5. The van der Waals surface area contributed by atoms with Crippen LogP contribution in [0.2, 0.25) is 0 Å². The van der Waals surface area contributed by atoms with E-state index in [2.05, 4.69) is 39.8 Å². The van der Waals surface area contributed by atoms with Crippen molar-refractivity contribution in [3.8, 4) is 0 Å². The molecule has 32 heavy (non-hydrogen) atoms. The summed E-state index contributed by atoms with van der Waals surface area (Å²) in [6, 6.07) is 0. The van der Waals surface area contributed by atoms with E-state index in [9.17, 15) is 15.0 Å². The van der Waals surface area contributed by atoms with Crippen LogP contribution in [0.15, 0.2) is 70.3 Å². The molecule has 1 aliphatic heterocycles. The second kappa shape index (κ2) is 11.3.